The van der Waals surface area contributed by atoms with Crippen LogP contribution in [0.15, 0.2) is 54.7 Å². The van der Waals surface area contributed by atoms with E-state index in [1.807, 2.05) is 31.2 Å². The number of rotatable bonds is 4. The van der Waals surface area contributed by atoms with Crippen molar-refractivity contribution in [1.82, 2.24) is 15.1 Å². The van der Waals surface area contributed by atoms with E-state index in [1.54, 1.807) is 17.7 Å². The molecule has 0 bridgehead atoms. The summed E-state index contributed by atoms with van der Waals surface area (Å²) in [5.74, 6) is -0.385. The Morgan fingerprint density at radius 3 is 2.56 bits per heavy atom. The minimum absolute atomic E-state index is 0.00216. The second kappa shape index (κ2) is 7.26. The first-order chi connectivity index (χ1) is 12.8. The van der Waals surface area contributed by atoms with E-state index < -0.39 is 11.7 Å². The average molecular weight is 373 g/mol. The zero-order valence-electron chi connectivity index (χ0n) is 14.8. The zero-order chi connectivity index (χ0) is 19.6. The highest BCUT2D eigenvalue weighted by molar-refractivity contribution is 5.95. The first kappa shape index (κ1) is 18.7. The van der Waals surface area contributed by atoms with Crippen molar-refractivity contribution in [3.05, 3.63) is 82.7 Å². The summed E-state index contributed by atoms with van der Waals surface area (Å²) in [6.07, 6.45) is -2.95. The third-order valence-corrected chi connectivity index (χ3v) is 4.21. The summed E-state index contributed by atoms with van der Waals surface area (Å²) in [6.45, 7) is 3.73. The van der Waals surface area contributed by atoms with Gasteiger partial charge in [-0.2, -0.15) is 18.3 Å². The molecule has 1 aromatic heterocycles. The molecule has 27 heavy (non-hydrogen) atoms. The fourth-order valence-corrected chi connectivity index (χ4v) is 2.79. The molecule has 1 amide bonds. The van der Waals surface area contributed by atoms with Gasteiger partial charge < -0.3 is 5.32 Å². The largest absolute Gasteiger partial charge is 0.416 e. The van der Waals surface area contributed by atoms with E-state index in [1.165, 1.54) is 12.3 Å². The molecule has 2 aromatic carbocycles. The molecule has 0 unspecified atom stereocenters. The summed E-state index contributed by atoms with van der Waals surface area (Å²) >= 11 is 0. The number of nitrogens with one attached hydrogen (secondary N) is 1. The van der Waals surface area contributed by atoms with Gasteiger partial charge in [0.15, 0.2) is 0 Å². The van der Waals surface area contributed by atoms with E-state index in [0.717, 1.165) is 23.4 Å². The van der Waals surface area contributed by atoms with Crippen molar-refractivity contribution >= 4 is 5.91 Å². The fraction of sp³-hybridized carbons (Fsp3) is 0.200. The number of nitrogens with zero attached hydrogens (tertiary/aromatic N) is 2. The van der Waals surface area contributed by atoms with Gasteiger partial charge in [-0.15, -0.1) is 0 Å². The highest BCUT2D eigenvalue weighted by Gasteiger charge is 2.30. The first-order valence-electron chi connectivity index (χ1n) is 8.31. The van der Waals surface area contributed by atoms with Crippen LogP contribution in [0.3, 0.4) is 0 Å². The number of halogens is 3. The van der Waals surface area contributed by atoms with Gasteiger partial charge in [0.2, 0.25) is 0 Å². The van der Waals surface area contributed by atoms with Crippen LogP contribution < -0.4 is 5.32 Å². The van der Waals surface area contributed by atoms with Gasteiger partial charge in [0.1, 0.15) is 0 Å². The topological polar surface area (TPSA) is 46.9 Å². The number of aromatic nitrogens is 2. The molecule has 3 rings (SSSR count). The number of carbonyl (C=O) groups excluding carboxylic acids is 1. The SMILES string of the molecule is Cc1cccc(-n2ncc(C(=O)NCc3cccc(C(F)(F)F)c3)c2C)c1. The normalized spacial score (nSPS) is 11.4. The molecule has 0 radical (unpaired) electrons. The molecule has 0 saturated heterocycles. The molecule has 140 valence electrons. The maximum Gasteiger partial charge on any atom is 0.416 e. The highest BCUT2D eigenvalue weighted by Crippen LogP contribution is 2.29. The molecule has 0 aliphatic heterocycles. The molecule has 1 heterocycles. The van der Waals surface area contributed by atoms with Crippen molar-refractivity contribution in [3.63, 3.8) is 0 Å². The van der Waals surface area contributed by atoms with Crippen molar-refractivity contribution in [2.45, 2.75) is 26.6 Å². The Kier molecular flexibility index (Phi) is 5.03. The third-order valence-electron chi connectivity index (χ3n) is 4.21. The number of alkyl halides is 3. The Labute approximate surface area is 154 Å². The van der Waals surface area contributed by atoms with Gasteiger partial charge in [0, 0.05) is 6.54 Å². The second-order valence-electron chi connectivity index (χ2n) is 6.28. The number of carbonyl (C=O) groups is 1. The highest BCUT2D eigenvalue weighted by atomic mass is 19.4. The number of hydrogen-bond donors (Lipinski definition) is 1. The second-order valence-corrected chi connectivity index (χ2v) is 6.28. The van der Waals surface area contributed by atoms with E-state index >= 15 is 0 Å². The lowest BCUT2D eigenvalue weighted by Crippen LogP contribution is -2.23. The van der Waals surface area contributed by atoms with Crippen LogP contribution in [0.4, 0.5) is 13.2 Å². The monoisotopic (exact) mass is 373 g/mol. The van der Waals surface area contributed by atoms with Crippen LogP contribution in [0.2, 0.25) is 0 Å². The zero-order valence-corrected chi connectivity index (χ0v) is 14.8. The number of amides is 1. The molecule has 7 heteroatoms. The van der Waals surface area contributed by atoms with Gasteiger partial charge in [-0.25, -0.2) is 4.68 Å². The summed E-state index contributed by atoms with van der Waals surface area (Å²) in [7, 11) is 0. The molecule has 0 aliphatic carbocycles. The fourth-order valence-electron chi connectivity index (χ4n) is 2.79. The Bertz CT molecular complexity index is 977. The van der Waals surface area contributed by atoms with Crippen LogP contribution in [-0.2, 0) is 12.7 Å². The molecule has 0 spiro atoms. The molecule has 0 fully saturated rings. The Morgan fingerprint density at radius 2 is 1.85 bits per heavy atom. The summed E-state index contributed by atoms with van der Waals surface area (Å²) in [5.41, 5.74) is 2.58. The van der Waals surface area contributed by atoms with Crippen LogP contribution >= 0.6 is 0 Å². The van der Waals surface area contributed by atoms with Crippen LogP contribution in [0.25, 0.3) is 5.69 Å². The first-order valence-corrected chi connectivity index (χ1v) is 8.31. The third kappa shape index (κ3) is 4.19. The molecule has 0 atom stereocenters. The quantitative estimate of drug-likeness (QED) is 0.735. The maximum absolute atomic E-state index is 12.8. The minimum Gasteiger partial charge on any atom is -0.348 e. The van der Waals surface area contributed by atoms with Crippen molar-refractivity contribution in [2.75, 3.05) is 0 Å². The minimum atomic E-state index is -4.41. The summed E-state index contributed by atoms with van der Waals surface area (Å²) in [6, 6.07) is 12.6. The van der Waals surface area contributed by atoms with E-state index in [9.17, 15) is 18.0 Å². The lowest BCUT2D eigenvalue weighted by atomic mass is 10.1. The maximum atomic E-state index is 12.8. The van der Waals surface area contributed by atoms with Crippen LogP contribution in [0.5, 0.6) is 0 Å². The molecular formula is C20H18F3N3O. The van der Waals surface area contributed by atoms with Crippen LogP contribution in [-0.4, -0.2) is 15.7 Å². The molecular weight excluding hydrogens is 355 g/mol. The van der Waals surface area contributed by atoms with Crippen LogP contribution in [0.1, 0.15) is 32.7 Å². The standard InChI is InChI=1S/C20H18F3N3O/c1-13-5-3-8-17(9-13)26-14(2)18(12-25-26)19(27)24-11-15-6-4-7-16(10-15)20(21,22)23/h3-10,12H,11H2,1-2H3,(H,24,27). The van der Waals surface area contributed by atoms with Crippen LogP contribution in [0, 0.1) is 13.8 Å². The van der Waals surface area contributed by atoms with Gasteiger partial charge in [-0.1, -0.05) is 24.3 Å². The van der Waals surface area contributed by atoms with Crippen molar-refractivity contribution in [3.8, 4) is 5.69 Å². The molecule has 4 nitrogen and oxygen atoms in total. The molecule has 0 saturated carbocycles. The predicted octanol–water partition coefficient (Wildman–Crippen LogP) is 4.44. The summed E-state index contributed by atoms with van der Waals surface area (Å²) in [4.78, 5) is 12.4. The van der Waals surface area contributed by atoms with Gasteiger partial charge in [-0.05, 0) is 49.2 Å². The predicted molar refractivity (Wildman–Crippen MR) is 95.7 cm³/mol. The number of benzene rings is 2. The summed E-state index contributed by atoms with van der Waals surface area (Å²) < 4.78 is 40.0. The van der Waals surface area contributed by atoms with Crippen molar-refractivity contribution in [1.29, 1.82) is 0 Å². The van der Waals surface area contributed by atoms with Crippen molar-refractivity contribution in [2.24, 2.45) is 0 Å². The van der Waals surface area contributed by atoms with E-state index in [2.05, 4.69) is 10.4 Å². The average Bonchev–Trinajstić information content (AvgIpc) is 3.01. The van der Waals surface area contributed by atoms with E-state index in [0.29, 0.717) is 16.8 Å². The van der Waals surface area contributed by atoms with Gasteiger partial charge >= 0.3 is 6.18 Å². The van der Waals surface area contributed by atoms with Gasteiger partial charge in [0.05, 0.1) is 28.7 Å². The lowest BCUT2D eigenvalue weighted by Gasteiger charge is -2.10. The Hall–Kier alpha value is -3.09. The molecule has 1 N–H and O–H groups in total. The molecule has 0 aliphatic rings. The smallest absolute Gasteiger partial charge is 0.348 e. The summed E-state index contributed by atoms with van der Waals surface area (Å²) in [5, 5.41) is 6.91. The Morgan fingerprint density at radius 1 is 1.11 bits per heavy atom. The van der Waals surface area contributed by atoms with Gasteiger partial charge in [0.25, 0.3) is 5.91 Å². The van der Waals surface area contributed by atoms with Gasteiger partial charge in [-0.3, -0.25) is 4.79 Å². The Balaban J connectivity index is 1.74. The van der Waals surface area contributed by atoms with E-state index in [4.69, 9.17) is 0 Å². The molecule has 3 aromatic rings. The van der Waals surface area contributed by atoms with Crippen molar-refractivity contribution < 1.29 is 18.0 Å². The van der Waals surface area contributed by atoms with E-state index in [-0.39, 0.29) is 12.5 Å². The lowest BCUT2D eigenvalue weighted by molar-refractivity contribution is -0.137. The number of hydrogen-bond acceptors (Lipinski definition) is 2. The number of aryl methyl sites for hydroxylation is 1.